The molecule has 0 spiro atoms. The normalized spacial score (nSPS) is 23.2. The molecule has 0 saturated carbocycles. The minimum absolute atomic E-state index is 0.184. The summed E-state index contributed by atoms with van der Waals surface area (Å²) in [7, 11) is 0. The van der Waals surface area contributed by atoms with Gasteiger partial charge in [-0.1, -0.05) is 0 Å². The number of ether oxygens (including phenoxy) is 1. The Hall–Kier alpha value is -2.00. The second-order valence-corrected chi connectivity index (χ2v) is 3.91. The summed E-state index contributed by atoms with van der Waals surface area (Å²) < 4.78 is 6.29. The molecule has 1 aliphatic rings. The molecule has 9 heteroatoms. The molecular weight excluding hydrogens is 246 g/mol. The minimum Gasteiger partial charge on any atom is -0.394 e. The van der Waals surface area contributed by atoms with E-state index in [1.807, 2.05) is 4.98 Å². The summed E-state index contributed by atoms with van der Waals surface area (Å²) in [6, 6.07) is 0. The number of nitro groups is 1. The molecule has 2 N–H and O–H groups in total. The number of nitrogens with zero attached hydrogens (tertiary/aromatic N) is 2. The third kappa shape index (κ3) is 2.17. The third-order valence-corrected chi connectivity index (χ3v) is 2.74. The Kier molecular flexibility index (Phi) is 3.26. The van der Waals surface area contributed by atoms with Gasteiger partial charge < -0.3 is 9.84 Å². The first kappa shape index (κ1) is 12.5. The van der Waals surface area contributed by atoms with E-state index in [-0.39, 0.29) is 6.61 Å². The van der Waals surface area contributed by atoms with E-state index in [1.165, 1.54) is 0 Å². The lowest BCUT2D eigenvalue weighted by molar-refractivity contribution is -0.387. The lowest BCUT2D eigenvalue weighted by Crippen LogP contribution is -2.33. The van der Waals surface area contributed by atoms with Crippen LogP contribution in [0.1, 0.15) is 19.1 Å². The van der Waals surface area contributed by atoms with Gasteiger partial charge in [-0.15, -0.1) is 0 Å². The molecule has 1 aromatic heterocycles. The molecule has 0 aromatic carbocycles. The molecule has 0 amide bonds. The van der Waals surface area contributed by atoms with Crippen LogP contribution >= 0.6 is 0 Å². The van der Waals surface area contributed by atoms with Gasteiger partial charge in [-0.25, -0.2) is 4.79 Å². The van der Waals surface area contributed by atoms with Crippen LogP contribution in [-0.4, -0.2) is 32.3 Å². The van der Waals surface area contributed by atoms with Gasteiger partial charge in [0.1, 0.15) is 6.23 Å². The lowest BCUT2D eigenvalue weighted by atomic mass is 10.2. The topological polar surface area (TPSA) is 127 Å². The van der Waals surface area contributed by atoms with Crippen molar-refractivity contribution in [1.29, 1.82) is 0 Å². The van der Waals surface area contributed by atoms with Gasteiger partial charge in [0.25, 0.3) is 0 Å². The molecular formula is C9H11N3O6. The fraction of sp³-hybridized carbons (Fsp3) is 0.556. The molecule has 0 radical (unpaired) electrons. The van der Waals surface area contributed by atoms with Crippen LogP contribution in [0.2, 0.25) is 0 Å². The van der Waals surface area contributed by atoms with Crippen molar-refractivity contribution in [1.82, 2.24) is 9.55 Å². The van der Waals surface area contributed by atoms with Crippen LogP contribution < -0.4 is 11.2 Å². The smallest absolute Gasteiger partial charge is 0.350 e. The highest BCUT2D eigenvalue weighted by Gasteiger charge is 2.28. The molecule has 1 aliphatic heterocycles. The van der Waals surface area contributed by atoms with Crippen LogP contribution in [0.5, 0.6) is 0 Å². The number of rotatable bonds is 3. The first-order valence-electron chi connectivity index (χ1n) is 5.29. The van der Waals surface area contributed by atoms with Crippen LogP contribution in [-0.2, 0) is 4.74 Å². The van der Waals surface area contributed by atoms with Crippen molar-refractivity contribution in [2.24, 2.45) is 0 Å². The lowest BCUT2D eigenvalue weighted by Gasteiger charge is -2.13. The summed E-state index contributed by atoms with van der Waals surface area (Å²) in [6.45, 7) is -0.184. The summed E-state index contributed by atoms with van der Waals surface area (Å²) in [5.74, 6) is 0. The highest BCUT2D eigenvalue weighted by Crippen LogP contribution is 2.26. The Balaban J connectivity index is 2.40. The van der Waals surface area contributed by atoms with Crippen molar-refractivity contribution in [3.05, 3.63) is 37.1 Å². The highest BCUT2D eigenvalue weighted by atomic mass is 16.6. The number of H-pyrrole nitrogens is 1. The maximum Gasteiger partial charge on any atom is 0.350 e. The van der Waals surface area contributed by atoms with Crippen molar-refractivity contribution in [2.45, 2.75) is 25.2 Å². The predicted molar refractivity (Wildman–Crippen MR) is 58.2 cm³/mol. The Morgan fingerprint density at radius 2 is 2.28 bits per heavy atom. The number of aromatic amines is 1. The van der Waals surface area contributed by atoms with Crippen molar-refractivity contribution < 1.29 is 14.8 Å². The first-order chi connectivity index (χ1) is 8.52. The summed E-state index contributed by atoms with van der Waals surface area (Å²) >= 11 is 0. The van der Waals surface area contributed by atoms with E-state index in [0.717, 1.165) is 10.8 Å². The van der Waals surface area contributed by atoms with Gasteiger partial charge in [0, 0.05) is 0 Å². The monoisotopic (exact) mass is 257 g/mol. The summed E-state index contributed by atoms with van der Waals surface area (Å²) in [5.41, 5.74) is -2.53. The maximum atomic E-state index is 11.5. The number of aliphatic hydroxyl groups is 1. The van der Waals surface area contributed by atoms with Crippen LogP contribution in [0.25, 0.3) is 0 Å². The van der Waals surface area contributed by atoms with Crippen LogP contribution in [0.4, 0.5) is 5.69 Å². The standard InChI is InChI=1S/C9H11N3O6/c13-4-5-1-2-7(18-5)11-3-6(12(16)17)8(14)10-9(11)15/h3,5,7,13H,1-2,4H2,(H,10,14,15)/t5-,7+/m0/s1. The Labute approximate surface area is 99.8 Å². The fourth-order valence-electron chi connectivity index (χ4n) is 1.84. The molecule has 1 saturated heterocycles. The maximum absolute atomic E-state index is 11.5. The third-order valence-electron chi connectivity index (χ3n) is 2.74. The molecule has 0 bridgehead atoms. The molecule has 2 heterocycles. The van der Waals surface area contributed by atoms with E-state index >= 15 is 0 Å². The van der Waals surface area contributed by atoms with Gasteiger partial charge in [-0.3, -0.25) is 24.5 Å². The molecule has 1 aromatic rings. The average molecular weight is 257 g/mol. The number of aromatic nitrogens is 2. The van der Waals surface area contributed by atoms with Gasteiger partial charge in [0.2, 0.25) is 0 Å². The van der Waals surface area contributed by atoms with E-state index in [9.17, 15) is 19.7 Å². The van der Waals surface area contributed by atoms with Gasteiger partial charge >= 0.3 is 16.9 Å². The second kappa shape index (κ2) is 4.70. The molecule has 18 heavy (non-hydrogen) atoms. The molecule has 2 rings (SSSR count). The first-order valence-corrected chi connectivity index (χ1v) is 5.29. The van der Waals surface area contributed by atoms with Crippen molar-refractivity contribution >= 4 is 5.69 Å². The number of hydrogen-bond donors (Lipinski definition) is 2. The fourth-order valence-corrected chi connectivity index (χ4v) is 1.84. The zero-order valence-electron chi connectivity index (χ0n) is 9.24. The average Bonchev–Trinajstić information content (AvgIpc) is 2.77. The van der Waals surface area contributed by atoms with Crippen molar-refractivity contribution in [3.63, 3.8) is 0 Å². The Morgan fingerprint density at radius 3 is 2.83 bits per heavy atom. The second-order valence-electron chi connectivity index (χ2n) is 3.91. The van der Waals surface area contributed by atoms with E-state index in [0.29, 0.717) is 12.8 Å². The molecule has 2 atom stereocenters. The quantitative estimate of drug-likeness (QED) is 0.534. The molecule has 9 nitrogen and oxygen atoms in total. The largest absolute Gasteiger partial charge is 0.394 e. The summed E-state index contributed by atoms with van der Waals surface area (Å²) in [6.07, 6.45) is 0.749. The van der Waals surface area contributed by atoms with Gasteiger partial charge in [-0.05, 0) is 12.8 Å². The summed E-state index contributed by atoms with van der Waals surface area (Å²) in [4.78, 5) is 34.3. The van der Waals surface area contributed by atoms with E-state index in [1.54, 1.807) is 0 Å². The molecule has 1 fully saturated rings. The van der Waals surface area contributed by atoms with Gasteiger partial charge in [0.15, 0.2) is 0 Å². The Morgan fingerprint density at radius 1 is 1.56 bits per heavy atom. The van der Waals surface area contributed by atoms with Crippen LogP contribution in [0.15, 0.2) is 15.8 Å². The molecule has 0 unspecified atom stereocenters. The minimum atomic E-state index is -1.04. The van der Waals surface area contributed by atoms with E-state index < -0.39 is 34.2 Å². The number of nitrogens with one attached hydrogen (secondary N) is 1. The van der Waals surface area contributed by atoms with Crippen LogP contribution in [0, 0.1) is 10.1 Å². The number of hydrogen-bond acceptors (Lipinski definition) is 6. The van der Waals surface area contributed by atoms with E-state index in [2.05, 4.69) is 0 Å². The summed E-state index contributed by atoms with van der Waals surface area (Å²) in [5, 5.41) is 19.5. The predicted octanol–water partition coefficient (Wildman–Crippen LogP) is -0.885. The van der Waals surface area contributed by atoms with Gasteiger partial charge in [0.05, 0.1) is 23.8 Å². The number of aliphatic hydroxyl groups excluding tert-OH is 1. The van der Waals surface area contributed by atoms with Gasteiger partial charge in [-0.2, -0.15) is 0 Å². The van der Waals surface area contributed by atoms with Crippen LogP contribution in [0.3, 0.4) is 0 Å². The molecule has 98 valence electrons. The van der Waals surface area contributed by atoms with Crippen molar-refractivity contribution in [2.75, 3.05) is 6.61 Å². The molecule has 0 aliphatic carbocycles. The van der Waals surface area contributed by atoms with E-state index in [4.69, 9.17) is 9.84 Å². The zero-order valence-corrected chi connectivity index (χ0v) is 9.24. The SMILES string of the molecule is O=c1[nH]c(=O)n([C@H]2CC[C@@H](CO)O2)cc1[N+](=O)[O-]. The van der Waals surface area contributed by atoms with Crippen molar-refractivity contribution in [3.8, 4) is 0 Å². The Bertz CT molecular complexity index is 576. The highest BCUT2D eigenvalue weighted by molar-refractivity contribution is 5.21. The zero-order chi connectivity index (χ0) is 13.3.